The molecule has 4 nitrogen and oxygen atoms in total. The number of aromatic nitrogens is 1. The molecule has 1 heterocycles. The van der Waals surface area contributed by atoms with Crippen LogP contribution in [-0.4, -0.2) is 16.7 Å². The zero-order chi connectivity index (χ0) is 16.1. The molecule has 0 radical (unpaired) electrons. The normalized spacial score (nSPS) is 16.6. The highest BCUT2D eigenvalue weighted by atomic mass is 16.2. The molecule has 0 unspecified atom stereocenters. The van der Waals surface area contributed by atoms with Crippen LogP contribution in [0.5, 0.6) is 0 Å². The van der Waals surface area contributed by atoms with Gasteiger partial charge in [-0.1, -0.05) is 33.1 Å². The van der Waals surface area contributed by atoms with E-state index in [1.165, 1.54) is 43.5 Å². The molecule has 1 saturated carbocycles. The molecule has 1 fully saturated rings. The molecule has 0 saturated heterocycles. The Labute approximate surface area is 134 Å². The highest BCUT2D eigenvalue weighted by Crippen LogP contribution is 2.31. The molecule has 0 aromatic carbocycles. The van der Waals surface area contributed by atoms with Crippen LogP contribution in [0.15, 0.2) is 11.2 Å². The summed E-state index contributed by atoms with van der Waals surface area (Å²) in [5, 5.41) is 4.12. The Morgan fingerprint density at radius 3 is 2.68 bits per heavy atom. The lowest BCUT2D eigenvalue weighted by atomic mass is 9.95. The SMILES string of the molecule is Cc1cc(/C=N\NC(=O)CC(C)C)c(C)n1C1CCCCC1. The predicted molar refractivity (Wildman–Crippen MR) is 91.2 cm³/mol. The molecule has 1 aliphatic carbocycles. The van der Waals surface area contributed by atoms with E-state index in [9.17, 15) is 4.79 Å². The van der Waals surface area contributed by atoms with Gasteiger partial charge in [0.25, 0.3) is 0 Å². The van der Waals surface area contributed by atoms with Gasteiger partial charge in [0.1, 0.15) is 0 Å². The fourth-order valence-electron chi connectivity index (χ4n) is 3.42. The summed E-state index contributed by atoms with van der Waals surface area (Å²) < 4.78 is 2.45. The fourth-order valence-corrected chi connectivity index (χ4v) is 3.42. The van der Waals surface area contributed by atoms with Gasteiger partial charge in [0.2, 0.25) is 5.91 Å². The average molecular weight is 303 g/mol. The molecule has 0 aliphatic heterocycles. The van der Waals surface area contributed by atoms with Crippen LogP contribution in [0.25, 0.3) is 0 Å². The van der Waals surface area contributed by atoms with Crippen molar-refractivity contribution in [2.75, 3.05) is 0 Å². The van der Waals surface area contributed by atoms with Gasteiger partial charge in [-0.3, -0.25) is 4.79 Å². The molecular formula is C18H29N3O. The Balaban J connectivity index is 2.04. The first-order valence-electron chi connectivity index (χ1n) is 8.49. The molecular weight excluding hydrogens is 274 g/mol. The second-order valence-electron chi connectivity index (χ2n) is 6.88. The third-order valence-corrected chi connectivity index (χ3v) is 4.45. The van der Waals surface area contributed by atoms with Crippen molar-refractivity contribution in [1.29, 1.82) is 0 Å². The van der Waals surface area contributed by atoms with Gasteiger partial charge in [-0.25, -0.2) is 5.43 Å². The van der Waals surface area contributed by atoms with Gasteiger partial charge in [0, 0.05) is 29.4 Å². The summed E-state index contributed by atoms with van der Waals surface area (Å²) in [4.78, 5) is 11.6. The summed E-state index contributed by atoms with van der Waals surface area (Å²) in [7, 11) is 0. The molecule has 22 heavy (non-hydrogen) atoms. The zero-order valence-corrected chi connectivity index (χ0v) is 14.4. The molecule has 4 heteroatoms. The molecule has 1 aromatic rings. The summed E-state index contributed by atoms with van der Waals surface area (Å²) in [6.07, 6.45) is 8.87. The molecule has 122 valence electrons. The molecule has 1 amide bonds. The summed E-state index contributed by atoms with van der Waals surface area (Å²) in [5.41, 5.74) is 6.27. The number of hydrogen-bond donors (Lipinski definition) is 1. The van der Waals surface area contributed by atoms with Crippen molar-refractivity contribution in [3.63, 3.8) is 0 Å². The maximum absolute atomic E-state index is 11.6. The smallest absolute Gasteiger partial charge is 0.240 e. The molecule has 0 atom stereocenters. The minimum Gasteiger partial charge on any atom is -0.345 e. The number of carbonyl (C=O) groups is 1. The van der Waals surface area contributed by atoms with Crippen molar-refractivity contribution in [1.82, 2.24) is 9.99 Å². The van der Waals surface area contributed by atoms with E-state index in [0.717, 1.165) is 5.56 Å². The molecule has 1 aliphatic rings. The van der Waals surface area contributed by atoms with Crippen LogP contribution in [0.3, 0.4) is 0 Å². The van der Waals surface area contributed by atoms with E-state index in [4.69, 9.17) is 0 Å². The summed E-state index contributed by atoms with van der Waals surface area (Å²) >= 11 is 0. The van der Waals surface area contributed by atoms with Crippen LogP contribution in [-0.2, 0) is 4.79 Å². The zero-order valence-electron chi connectivity index (χ0n) is 14.4. The maximum Gasteiger partial charge on any atom is 0.240 e. The summed E-state index contributed by atoms with van der Waals surface area (Å²) in [6, 6.07) is 2.80. The lowest BCUT2D eigenvalue weighted by Crippen LogP contribution is -2.19. The summed E-state index contributed by atoms with van der Waals surface area (Å²) in [6.45, 7) is 8.37. The topological polar surface area (TPSA) is 46.4 Å². The van der Waals surface area contributed by atoms with Crippen molar-refractivity contribution in [3.05, 3.63) is 23.0 Å². The maximum atomic E-state index is 11.6. The van der Waals surface area contributed by atoms with Crippen LogP contribution in [0, 0.1) is 19.8 Å². The minimum absolute atomic E-state index is 0.0210. The number of rotatable bonds is 5. The van der Waals surface area contributed by atoms with Gasteiger partial charge in [0.15, 0.2) is 0 Å². The van der Waals surface area contributed by atoms with E-state index in [2.05, 4.69) is 35.0 Å². The fraction of sp³-hybridized carbons (Fsp3) is 0.667. The number of nitrogens with one attached hydrogen (secondary N) is 1. The lowest BCUT2D eigenvalue weighted by Gasteiger charge is -2.26. The Morgan fingerprint density at radius 1 is 1.36 bits per heavy atom. The van der Waals surface area contributed by atoms with Gasteiger partial charge in [-0.15, -0.1) is 0 Å². The van der Waals surface area contributed by atoms with Crippen LogP contribution in [0.4, 0.5) is 0 Å². The van der Waals surface area contributed by atoms with Crippen molar-refractivity contribution in [2.24, 2.45) is 11.0 Å². The second kappa shape index (κ2) is 7.61. The van der Waals surface area contributed by atoms with E-state index < -0.39 is 0 Å². The van der Waals surface area contributed by atoms with Crippen LogP contribution >= 0.6 is 0 Å². The minimum atomic E-state index is -0.0210. The number of hydrazone groups is 1. The Kier molecular flexibility index (Phi) is 5.81. The van der Waals surface area contributed by atoms with Crippen molar-refractivity contribution >= 4 is 12.1 Å². The van der Waals surface area contributed by atoms with Crippen LogP contribution < -0.4 is 5.43 Å². The molecule has 1 N–H and O–H groups in total. The third-order valence-electron chi connectivity index (χ3n) is 4.45. The molecule has 2 rings (SSSR count). The van der Waals surface area contributed by atoms with Crippen LogP contribution in [0.2, 0.25) is 0 Å². The number of nitrogens with zero attached hydrogens (tertiary/aromatic N) is 2. The Hall–Kier alpha value is -1.58. The quantitative estimate of drug-likeness (QED) is 0.646. The van der Waals surface area contributed by atoms with Crippen LogP contribution in [0.1, 0.15) is 75.4 Å². The monoisotopic (exact) mass is 303 g/mol. The number of aryl methyl sites for hydroxylation is 1. The molecule has 1 aromatic heterocycles. The van der Waals surface area contributed by atoms with Gasteiger partial charge in [0.05, 0.1) is 6.21 Å². The highest BCUT2D eigenvalue weighted by molar-refractivity contribution is 5.84. The van der Waals surface area contributed by atoms with E-state index in [1.54, 1.807) is 6.21 Å². The number of carbonyl (C=O) groups excluding carboxylic acids is 1. The Bertz CT molecular complexity index is 537. The second-order valence-corrected chi connectivity index (χ2v) is 6.88. The number of hydrogen-bond acceptors (Lipinski definition) is 2. The summed E-state index contributed by atoms with van der Waals surface area (Å²) in [5.74, 6) is 0.332. The highest BCUT2D eigenvalue weighted by Gasteiger charge is 2.19. The first-order chi connectivity index (χ1) is 10.5. The van der Waals surface area contributed by atoms with Gasteiger partial charge in [-0.05, 0) is 38.7 Å². The van der Waals surface area contributed by atoms with Crippen molar-refractivity contribution < 1.29 is 4.79 Å². The Morgan fingerprint density at radius 2 is 2.05 bits per heavy atom. The molecule has 0 spiro atoms. The van der Waals surface area contributed by atoms with E-state index in [-0.39, 0.29) is 5.91 Å². The van der Waals surface area contributed by atoms with Crippen molar-refractivity contribution in [2.45, 2.75) is 72.3 Å². The number of amides is 1. The van der Waals surface area contributed by atoms with Gasteiger partial charge >= 0.3 is 0 Å². The van der Waals surface area contributed by atoms with E-state index in [1.807, 2.05) is 13.8 Å². The average Bonchev–Trinajstić information content (AvgIpc) is 2.74. The van der Waals surface area contributed by atoms with E-state index >= 15 is 0 Å². The predicted octanol–water partition coefficient (Wildman–Crippen LogP) is 4.11. The third kappa shape index (κ3) is 4.21. The largest absolute Gasteiger partial charge is 0.345 e. The molecule has 0 bridgehead atoms. The first kappa shape index (κ1) is 16.8. The van der Waals surface area contributed by atoms with Gasteiger partial charge in [-0.2, -0.15) is 5.10 Å². The standard InChI is InChI=1S/C18H29N3O/c1-13(2)10-18(22)20-19-12-16-11-14(3)21(15(16)4)17-8-6-5-7-9-17/h11-13,17H,5-10H2,1-4H3,(H,20,22)/b19-12-. The van der Waals surface area contributed by atoms with E-state index in [0.29, 0.717) is 18.4 Å². The lowest BCUT2D eigenvalue weighted by molar-refractivity contribution is -0.121. The van der Waals surface area contributed by atoms with Gasteiger partial charge < -0.3 is 4.57 Å². The first-order valence-corrected chi connectivity index (χ1v) is 8.49. The van der Waals surface area contributed by atoms with Crippen molar-refractivity contribution in [3.8, 4) is 0 Å².